The Morgan fingerprint density at radius 2 is 2.00 bits per heavy atom. The average Bonchev–Trinajstić information content (AvgIpc) is 2.67. The largest absolute Gasteiger partial charge is 0.464 e. The highest BCUT2D eigenvalue weighted by atomic mass is 16.5. The van der Waals surface area contributed by atoms with Crippen LogP contribution in [0.1, 0.15) is 5.56 Å². The minimum absolute atomic E-state index is 0.727. The number of benzene rings is 1. The lowest BCUT2D eigenvalue weighted by molar-refractivity contribution is 0.196. The Hall–Kier alpha value is -2.49. The summed E-state index contributed by atoms with van der Waals surface area (Å²) in [5.74, 6) is 0.727. The molecule has 1 aromatic carbocycles. The van der Waals surface area contributed by atoms with Crippen LogP contribution in [0.3, 0.4) is 0 Å². The van der Waals surface area contributed by atoms with Crippen LogP contribution >= 0.6 is 0 Å². The number of ether oxygens (including phenoxy) is 1. The molecule has 3 rings (SSSR count). The molecule has 1 aliphatic heterocycles. The van der Waals surface area contributed by atoms with Crippen molar-refractivity contribution in [1.29, 1.82) is 0 Å². The van der Waals surface area contributed by atoms with E-state index in [9.17, 15) is 4.79 Å². The maximum Gasteiger partial charge on any atom is 0.415 e. The van der Waals surface area contributed by atoms with Crippen molar-refractivity contribution >= 4 is 12.2 Å². The summed E-state index contributed by atoms with van der Waals surface area (Å²) in [6.45, 7) is 0. The van der Waals surface area contributed by atoms with E-state index in [0.29, 0.717) is 0 Å². The van der Waals surface area contributed by atoms with E-state index >= 15 is 0 Å². The zero-order valence-corrected chi connectivity index (χ0v) is 8.83. The topological polar surface area (TPSA) is 51.5 Å². The summed E-state index contributed by atoms with van der Waals surface area (Å²) in [5.41, 5.74) is 2.58. The molecule has 0 atom stereocenters. The Kier molecular flexibility index (Phi) is 2.01. The number of nitrogens with zero attached hydrogens (tertiary/aromatic N) is 1. The number of fused-ring (bicyclic) bond motifs is 3. The Morgan fingerprint density at radius 1 is 1.18 bits per heavy atom. The first-order valence-corrected chi connectivity index (χ1v) is 5.13. The maximum atomic E-state index is 10.9. The molecule has 2 aromatic rings. The predicted molar refractivity (Wildman–Crippen MR) is 63.0 cm³/mol. The summed E-state index contributed by atoms with van der Waals surface area (Å²) < 4.78 is 6.60. The van der Waals surface area contributed by atoms with Crippen molar-refractivity contribution < 1.29 is 14.6 Å². The molecule has 1 aliphatic rings. The normalized spacial score (nSPS) is 12.2. The Morgan fingerprint density at radius 3 is 2.82 bits per heavy atom. The van der Waals surface area contributed by atoms with Crippen LogP contribution in [0.4, 0.5) is 4.79 Å². The number of rotatable bonds is 0. The standard InChI is InChI=1S/C13H9NO3/c15-13(16)14-7-9-5-6-17-12-4-2-1-3-10(12)11(9)8-14/h1-8H,(H,15,16). The smallest absolute Gasteiger partial charge is 0.415 e. The van der Waals surface area contributed by atoms with Gasteiger partial charge in [0.2, 0.25) is 0 Å². The molecule has 1 N–H and O–H groups in total. The van der Waals surface area contributed by atoms with Gasteiger partial charge in [0.25, 0.3) is 0 Å². The third-order valence-corrected chi connectivity index (χ3v) is 2.70. The molecule has 4 heteroatoms. The van der Waals surface area contributed by atoms with Crippen molar-refractivity contribution in [3.05, 3.63) is 48.5 Å². The van der Waals surface area contributed by atoms with Gasteiger partial charge in [0.05, 0.1) is 6.26 Å². The van der Waals surface area contributed by atoms with Crippen molar-refractivity contribution in [2.75, 3.05) is 0 Å². The van der Waals surface area contributed by atoms with Gasteiger partial charge in [-0.25, -0.2) is 4.79 Å². The fourth-order valence-corrected chi connectivity index (χ4v) is 1.91. The molecule has 0 aliphatic carbocycles. The highest BCUT2D eigenvalue weighted by molar-refractivity contribution is 5.83. The summed E-state index contributed by atoms with van der Waals surface area (Å²) in [5, 5.41) is 8.96. The van der Waals surface area contributed by atoms with Gasteiger partial charge in [-0.15, -0.1) is 0 Å². The van der Waals surface area contributed by atoms with Gasteiger partial charge < -0.3 is 9.84 Å². The fourth-order valence-electron chi connectivity index (χ4n) is 1.91. The monoisotopic (exact) mass is 227 g/mol. The minimum Gasteiger partial charge on any atom is -0.464 e. The van der Waals surface area contributed by atoms with Gasteiger partial charge in [0, 0.05) is 29.1 Å². The lowest BCUT2D eigenvalue weighted by Gasteiger charge is -2.04. The number of hydrogen-bond acceptors (Lipinski definition) is 2. The molecule has 0 saturated carbocycles. The molecule has 0 unspecified atom stereocenters. The third kappa shape index (κ3) is 1.50. The van der Waals surface area contributed by atoms with Crippen molar-refractivity contribution in [1.82, 2.24) is 4.57 Å². The summed E-state index contributed by atoms with van der Waals surface area (Å²) in [6, 6.07) is 7.54. The van der Waals surface area contributed by atoms with E-state index in [1.54, 1.807) is 24.7 Å². The van der Waals surface area contributed by atoms with Crippen LogP contribution in [0.2, 0.25) is 0 Å². The summed E-state index contributed by atoms with van der Waals surface area (Å²) in [4.78, 5) is 10.9. The van der Waals surface area contributed by atoms with Gasteiger partial charge in [-0.1, -0.05) is 18.2 Å². The van der Waals surface area contributed by atoms with Crippen LogP contribution in [0.5, 0.6) is 5.75 Å². The molecule has 4 nitrogen and oxygen atoms in total. The Labute approximate surface area is 97.4 Å². The first kappa shape index (κ1) is 9.72. The SMILES string of the molecule is O=C(O)n1cc2c(c1)-c1ccccc1OC=C2. The number of para-hydroxylation sites is 1. The van der Waals surface area contributed by atoms with Crippen molar-refractivity contribution in [2.45, 2.75) is 0 Å². The van der Waals surface area contributed by atoms with E-state index in [1.807, 2.05) is 24.3 Å². The number of carbonyl (C=O) groups is 1. The molecule has 2 heterocycles. The number of hydrogen-bond donors (Lipinski definition) is 1. The highest BCUT2D eigenvalue weighted by Gasteiger charge is 2.15. The van der Waals surface area contributed by atoms with E-state index in [1.165, 1.54) is 0 Å². The second-order valence-electron chi connectivity index (χ2n) is 3.73. The molecule has 0 saturated heterocycles. The summed E-state index contributed by atoms with van der Waals surface area (Å²) in [6.07, 6.45) is 5.49. The van der Waals surface area contributed by atoms with Gasteiger partial charge in [-0.3, -0.25) is 4.57 Å². The quantitative estimate of drug-likeness (QED) is 0.752. The molecule has 0 amide bonds. The zero-order valence-electron chi connectivity index (χ0n) is 8.83. The second-order valence-corrected chi connectivity index (χ2v) is 3.73. The van der Waals surface area contributed by atoms with Crippen LogP contribution in [-0.2, 0) is 0 Å². The fraction of sp³-hybridized carbons (Fsp3) is 0. The van der Waals surface area contributed by atoms with Crippen LogP contribution in [0, 0.1) is 0 Å². The van der Waals surface area contributed by atoms with E-state index in [0.717, 1.165) is 27.0 Å². The van der Waals surface area contributed by atoms with E-state index in [2.05, 4.69) is 0 Å². The van der Waals surface area contributed by atoms with Crippen LogP contribution in [0.25, 0.3) is 17.2 Å². The van der Waals surface area contributed by atoms with Gasteiger partial charge in [0.15, 0.2) is 0 Å². The maximum absolute atomic E-state index is 10.9. The number of carboxylic acid groups (broad SMARTS) is 1. The summed E-state index contributed by atoms with van der Waals surface area (Å²) in [7, 11) is 0. The zero-order chi connectivity index (χ0) is 11.8. The second kappa shape index (κ2) is 3.52. The van der Waals surface area contributed by atoms with Crippen LogP contribution in [-0.4, -0.2) is 15.8 Å². The van der Waals surface area contributed by atoms with Crippen molar-refractivity contribution in [2.24, 2.45) is 0 Å². The molecule has 84 valence electrons. The molecule has 0 spiro atoms. The first-order chi connectivity index (χ1) is 8.25. The minimum atomic E-state index is -0.995. The van der Waals surface area contributed by atoms with Crippen molar-refractivity contribution in [3.63, 3.8) is 0 Å². The van der Waals surface area contributed by atoms with Gasteiger partial charge in [0.1, 0.15) is 5.75 Å². The third-order valence-electron chi connectivity index (χ3n) is 2.70. The molecular formula is C13H9NO3. The van der Waals surface area contributed by atoms with Crippen LogP contribution < -0.4 is 4.74 Å². The van der Waals surface area contributed by atoms with Gasteiger partial charge >= 0.3 is 6.09 Å². The summed E-state index contributed by atoms with van der Waals surface area (Å²) >= 11 is 0. The molecular weight excluding hydrogens is 218 g/mol. The lowest BCUT2D eigenvalue weighted by Crippen LogP contribution is -2.03. The first-order valence-electron chi connectivity index (χ1n) is 5.13. The Bertz CT molecular complexity index is 625. The van der Waals surface area contributed by atoms with Crippen molar-refractivity contribution in [3.8, 4) is 16.9 Å². The van der Waals surface area contributed by atoms with Gasteiger partial charge in [-0.05, 0) is 12.1 Å². The Balaban J connectivity index is 2.26. The molecule has 17 heavy (non-hydrogen) atoms. The molecule has 0 bridgehead atoms. The van der Waals surface area contributed by atoms with Crippen LogP contribution in [0.15, 0.2) is 42.9 Å². The van der Waals surface area contributed by atoms with E-state index in [-0.39, 0.29) is 0 Å². The molecule has 0 radical (unpaired) electrons. The van der Waals surface area contributed by atoms with E-state index in [4.69, 9.17) is 9.84 Å². The molecule has 1 aromatic heterocycles. The van der Waals surface area contributed by atoms with E-state index < -0.39 is 6.09 Å². The number of aromatic nitrogens is 1. The average molecular weight is 227 g/mol. The lowest BCUT2D eigenvalue weighted by atomic mass is 10.0. The molecule has 0 fully saturated rings. The predicted octanol–water partition coefficient (Wildman–Crippen LogP) is 3.04. The highest BCUT2D eigenvalue weighted by Crippen LogP contribution is 2.35. The van der Waals surface area contributed by atoms with Gasteiger partial charge in [-0.2, -0.15) is 0 Å².